The Morgan fingerprint density at radius 3 is 1.62 bits per heavy atom. The second-order valence-corrected chi connectivity index (χ2v) is 25.7. The highest BCUT2D eigenvalue weighted by molar-refractivity contribution is 5.91. The van der Waals surface area contributed by atoms with Crippen molar-refractivity contribution < 1.29 is 90.6 Å². The molecule has 29 heteroatoms. The van der Waals surface area contributed by atoms with Gasteiger partial charge in [0.25, 0.3) is 34.3 Å². The Labute approximate surface area is 573 Å². The third-order valence-electron chi connectivity index (χ3n) is 19.4. The lowest BCUT2D eigenvalue weighted by atomic mass is 9.86. The summed E-state index contributed by atoms with van der Waals surface area (Å²) in [6.07, 6.45) is -3.07. The fourth-order valence-electron chi connectivity index (χ4n) is 13.9. The number of esters is 2. The Bertz CT molecular complexity index is 4870. The number of nitrogens with zero attached hydrogens (tertiary/aromatic N) is 6. The van der Waals surface area contributed by atoms with Gasteiger partial charge in [0.15, 0.2) is 28.5 Å². The number of cyclic esters (lactones) is 2. The van der Waals surface area contributed by atoms with Gasteiger partial charge in [-0.05, 0) is 101 Å². The largest absolute Gasteiger partial charge is 0.493 e. The van der Waals surface area contributed by atoms with Gasteiger partial charge < -0.3 is 62.8 Å². The highest BCUT2D eigenvalue weighted by atomic mass is 19.3. The SMILES string of the molecule is CCC1(O)C(=O)OCc2c1cc1n(c2=O)Cc2c-1nc1ccccc1c2C(F)(F)CCCC(C)=O.CCC1(O)C(=O)OCc2c1cc1n(c2=O)Cc2c-1nc1ccccc1c2C(F)(F)CCCC1(C)OCC(c2cc(C)c(C)cc2[N+](=O)[O-])O1.COc1cc(C(O)CO)c([N+](=O)[O-])cc1OC. The molecular formula is C72H72F4N6O19. The van der Waals surface area contributed by atoms with Gasteiger partial charge in [-0.25, -0.2) is 37.1 Å². The quantitative estimate of drug-likeness (QED) is 0.0253. The van der Waals surface area contributed by atoms with Crippen LogP contribution in [0, 0.1) is 34.1 Å². The molecule has 1 fully saturated rings. The lowest BCUT2D eigenvalue weighted by molar-refractivity contribution is -0.386. The van der Waals surface area contributed by atoms with E-state index in [4.69, 9.17) is 38.5 Å². The zero-order valence-corrected chi connectivity index (χ0v) is 56.2. The third-order valence-corrected chi connectivity index (χ3v) is 19.4. The maximum Gasteiger partial charge on any atom is 0.343 e. The van der Waals surface area contributed by atoms with Crippen molar-refractivity contribution in [3.8, 4) is 34.3 Å². The van der Waals surface area contributed by atoms with Crippen LogP contribution in [0.4, 0.5) is 28.9 Å². The summed E-state index contributed by atoms with van der Waals surface area (Å²) in [4.78, 5) is 94.1. The van der Waals surface area contributed by atoms with Crippen molar-refractivity contribution in [2.24, 2.45) is 0 Å². The fraction of sp³-hybridized carbons (Fsp3) is 0.403. The van der Waals surface area contributed by atoms with E-state index in [2.05, 4.69) is 4.98 Å². The van der Waals surface area contributed by atoms with Gasteiger partial charge in [-0.2, -0.15) is 0 Å². The number of hydrogen-bond acceptors (Lipinski definition) is 21. The molecule has 5 atom stereocenters. The molecule has 8 aromatic rings. The van der Waals surface area contributed by atoms with E-state index in [0.29, 0.717) is 16.6 Å². The monoisotopic (exact) mass is 1400 g/mol. The maximum absolute atomic E-state index is 16.6. The van der Waals surface area contributed by atoms with Crippen LogP contribution in [0.1, 0.15) is 158 Å². The number of rotatable bonds is 19. The number of benzene rings is 4. The van der Waals surface area contributed by atoms with E-state index >= 15 is 17.6 Å². The highest BCUT2D eigenvalue weighted by Gasteiger charge is 2.50. The minimum Gasteiger partial charge on any atom is -0.493 e. The molecule has 1 saturated heterocycles. The number of fused-ring (bicyclic) bond motifs is 10. The molecule has 0 bridgehead atoms. The second-order valence-electron chi connectivity index (χ2n) is 25.7. The van der Waals surface area contributed by atoms with Crippen LogP contribution in [0.15, 0.2) is 94.5 Å². The van der Waals surface area contributed by atoms with Gasteiger partial charge >= 0.3 is 11.9 Å². The van der Waals surface area contributed by atoms with Crippen molar-refractivity contribution in [1.82, 2.24) is 19.1 Å². The number of ether oxygens (including phenoxy) is 6. The normalized spacial score (nSPS) is 19.6. The van der Waals surface area contributed by atoms with Crippen molar-refractivity contribution >= 4 is 50.9 Å². The zero-order valence-electron chi connectivity index (χ0n) is 56.2. The van der Waals surface area contributed by atoms with E-state index in [1.54, 1.807) is 82.3 Å². The molecule has 13 rings (SSSR count). The lowest BCUT2D eigenvalue weighted by Crippen LogP contribution is -2.44. The number of aliphatic hydroxyl groups excluding tert-OH is 2. The number of Topliss-reactive ketones (excluding diaryl/α,β-unsaturated/α-hetero) is 1. The van der Waals surface area contributed by atoms with Crippen LogP contribution >= 0.6 is 0 Å². The molecule has 0 aliphatic carbocycles. The first-order valence-electron chi connectivity index (χ1n) is 32.5. The third kappa shape index (κ3) is 13.0. The van der Waals surface area contributed by atoms with Crippen molar-refractivity contribution in [1.29, 1.82) is 0 Å². The Morgan fingerprint density at radius 2 is 1.17 bits per heavy atom. The number of aromatic nitrogens is 4. The summed E-state index contributed by atoms with van der Waals surface area (Å²) in [5, 5.41) is 63.7. The smallest absolute Gasteiger partial charge is 0.343 e. The maximum atomic E-state index is 16.6. The fourth-order valence-corrected chi connectivity index (χ4v) is 13.9. The predicted octanol–water partition coefficient (Wildman–Crippen LogP) is 10.9. The van der Waals surface area contributed by atoms with E-state index in [0.717, 1.165) is 17.2 Å². The molecule has 0 saturated carbocycles. The second kappa shape index (κ2) is 27.6. The molecule has 5 aliphatic rings. The van der Waals surface area contributed by atoms with Gasteiger partial charge in [0.2, 0.25) is 0 Å². The minimum absolute atomic E-state index is 0.0131. The first-order valence-corrected chi connectivity index (χ1v) is 32.5. The Morgan fingerprint density at radius 1 is 0.703 bits per heavy atom. The van der Waals surface area contributed by atoms with Crippen LogP contribution in [-0.4, -0.2) is 100 Å². The lowest BCUT2D eigenvalue weighted by Gasteiger charge is -2.31. The first-order chi connectivity index (χ1) is 47.8. The molecule has 25 nitrogen and oxygen atoms in total. The van der Waals surface area contributed by atoms with Gasteiger partial charge in [0.05, 0.1) is 112 Å². The average Bonchev–Trinajstić information content (AvgIpc) is 1.59. The van der Waals surface area contributed by atoms with Gasteiger partial charge in [0, 0.05) is 75.9 Å². The highest BCUT2D eigenvalue weighted by Crippen LogP contribution is 2.50. The van der Waals surface area contributed by atoms with Crippen LogP contribution in [0.5, 0.6) is 11.5 Å². The summed E-state index contributed by atoms with van der Waals surface area (Å²) in [5.74, 6) is -9.32. The number of nitro groups is 2. The number of halogens is 4. The number of para-hydroxylation sites is 2. The molecule has 5 aliphatic heterocycles. The summed E-state index contributed by atoms with van der Waals surface area (Å²) in [6.45, 7) is 8.36. The number of nitro benzene ring substituents is 2. The number of aryl methyl sites for hydroxylation is 2. The number of ketones is 1. The summed E-state index contributed by atoms with van der Waals surface area (Å²) in [7, 11) is 2.72. The number of carbonyl (C=O) groups is 3. The Balaban J connectivity index is 0.000000171. The van der Waals surface area contributed by atoms with Crippen LogP contribution < -0.4 is 20.6 Å². The molecule has 101 heavy (non-hydrogen) atoms. The van der Waals surface area contributed by atoms with Crippen LogP contribution in [0.25, 0.3) is 44.6 Å². The molecule has 4 aromatic heterocycles. The standard InChI is InChI=1S/C36H35F2N3O8.C26H24F2N2O5.C10H13NO6/c1-5-35(44)25-15-28-31-23(16-40(28)32(42)24(25)17-47-33(35)43)30(21-9-6-7-10-26(21)39-31)36(37,38)12-8-11-34(4)48-18-29(49-34)22-13-19(2)20(3)14-27(22)41(45)46;1-3-25(34)18-11-20-22-16(12-30(20)23(32)17(18)13-35-24(25)33)21(15-8-4-5-9-19(15)29-22)26(27,28)10-6-7-14(2)31;1-16-9-3-6(8(13)5-12)7(11(14)15)4-10(9)17-2/h6-7,9-10,13-15,29,44H,5,8,11-12,16-18H2,1-4H3;4-5,8-9,11,34H,3,6-7,10,12-13H2,1-2H3;3-4,8,12-13H,5H2,1-2H3. The molecule has 5 unspecified atom stereocenters. The summed E-state index contributed by atoms with van der Waals surface area (Å²) >= 11 is 0. The van der Waals surface area contributed by atoms with E-state index in [-0.39, 0.29) is 184 Å². The summed E-state index contributed by atoms with van der Waals surface area (Å²) in [6, 6.07) is 21.8. The van der Waals surface area contributed by atoms with Crippen molar-refractivity contribution in [3.63, 3.8) is 0 Å². The molecule has 0 spiro atoms. The number of methoxy groups -OCH3 is 2. The van der Waals surface area contributed by atoms with E-state index < -0.39 is 93.4 Å². The van der Waals surface area contributed by atoms with E-state index in [1.807, 2.05) is 6.92 Å². The summed E-state index contributed by atoms with van der Waals surface area (Å²) < 4.78 is 99.4. The van der Waals surface area contributed by atoms with Gasteiger partial charge in [-0.15, -0.1) is 0 Å². The predicted molar refractivity (Wildman–Crippen MR) is 354 cm³/mol. The number of pyridine rings is 4. The Kier molecular flexibility index (Phi) is 19.7. The Hall–Kier alpha value is -9.91. The molecule has 4 aromatic carbocycles. The number of hydrogen-bond donors (Lipinski definition) is 4. The zero-order chi connectivity index (χ0) is 73.2. The number of carbonyl (C=O) groups excluding carboxylic acids is 3. The average molecular weight is 1400 g/mol. The minimum atomic E-state index is -3.37. The molecule has 0 amide bonds. The topological polar surface area (TPSA) is 344 Å². The molecule has 9 heterocycles. The van der Waals surface area contributed by atoms with Gasteiger partial charge in [0.1, 0.15) is 31.2 Å². The molecular weight excluding hydrogens is 1330 g/mol. The van der Waals surface area contributed by atoms with Crippen molar-refractivity contribution in [2.45, 2.75) is 160 Å². The number of aliphatic hydroxyl groups is 4. The van der Waals surface area contributed by atoms with Crippen LogP contribution in [-0.2, 0) is 82.7 Å². The first kappa shape index (κ1) is 72.3. The van der Waals surface area contributed by atoms with E-state index in [9.17, 15) is 59.5 Å². The molecule has 0 radical (unpaired) electrons. The molecule has 532 valence electrons. The van der Waals surface area contributed by atoms with E-state index in [1.165, 1.54) is 54.5 Å². The number of alkyl halides is 4. The van der Waals surface area contributed by atoms with Crippen LogP contribution in [0.2, 0.25) is 0 Å². The van der Waals surface area contributed by atoms with Crippen molar-refractivity contribution in [2.75, 3.05) is 27.4 Å². The van der Waals surface area contributed by atoms with Crippen LogP contribution in [0.3, 0.4) is 0 Å². The van der Waals surface area contributed by atoms with Gasteiger partial charge in [-0.1, -0.05) is 50.2 Å². The van der Waals surface area contributed by atoms with Crippen molar-refractivity contribution in [3.05, 3.63) is 193 Å². The summed E-state index contributed by atoms with van der Waals surface area (Å²) in [5.41, 5.74) is -1.47. The van der Waals surface area contributed by atoms with Gasteiger partial charge in [-0.3, -0.25) is 29.8 Å². The molecule has 4 N–H and O–H groups in total.